The number of aromatic nitrogens is 3. The number of rotatable bonds is 4. The minimum atomic E-state index is -1.30. The van der Waals surface area contributed by atoms with Gasteiger partial charge in [-0.05, 0) is 23.3 Å². The summed E-state index contributed by atoms with van der Waals surface area (Å²) >= 11 is 0. The number of hydrogen-bond acceptors (Lipinski definition) is 2. The number of halogens is 2. The number of carbonyl (C=O) groups is 1. The average Bonchev–Trinajstić information content (AvgIpc) is 3.24. The number of carboxylic acids is 1. The van der Waals surface area contributed by atoms with Crippen LogP contribution in [0.2, 0.25) is 0 Å². The second-order valence-electron chi connectivity index (χ2n) is 6.33. The summed E-state index contributed by atoms with van der Waals surface area (Å²) in [5.41, 5.74) is 2.47. The summed E-state index contributed by atoms with van der Waals surface area (Å²) in [6.45, 7) is 0.220. The SMILES string of the molecule is Cn1cc(-c2ccc(Cn3cc(C(=O)O)c4c(F)ccc(F)c43)cc2)cn1. The van der Waals surface area contributed by atoms with E-state index in [0.717, 1.165) is 28.8 Å². The monoisotopic (exact) mass is 367 g/mol. The molecule has 0 aliphatic heterocycles. The normalized spacial score (nSPS) is 11.2. The Morgan fingerprint density at radius 1 is 1.04 bits per heavy atom. The number of aryl methyl sites for hydroxylation is 1. The first-order valence-corrected chi connectivity index (χ1v) is 8.22. The Morgan fingerprint density at radius 2 is 1.74 bits per heavy atom. The summed E-state index contributed by atoms with van der Waals surface area (Å²) in [7, 11) is 1.84. The molecule has 0 amide bonds. The topological polar surface area (TPSA) is 60.0 Å². The Bertz CT molecular complexity index is 1160. The molecule has 0 radical (unpaired) electrons. The van der Waals surface area contributed by atoms with Gasteiger partial charge in [-0.25, -0.2) is 13.6 Å². The van der Waals surface area contributed by atoms with Crippen molar-refractivity contribution in [3.8, 4) is 11.1 Å². The molecule has 0 unspecified atom stereocenters. The minimum Gasteiger partial charge on any atom is -0.478 e. The molecule has 0 saturated carbocycles. The molecule has 0 spiro atoms. The van der Waals surface area contributed by atoms with E-state index in [0.29, 0.717) is 0 Å². The molecule has 27 heavy (non-hydrogen) atoms. The van der Waals surface area contributed by atoms with E-state index in [1.54, 1.807) is 10.9 Å². The highest BCUT2D eigenvalue weighted by atomic mass is 19.1. The lowest BCUT2D eigenvalue weighted by Crippen LogP contribution is -2.00. The Morgan fingerprint density at radius 3 is 2.37 bits per heavy atom. The van der Waals surface area contributed by atoms with Crippen LogP contribution >= 0.6 is 0 Å². The molecule has 0 aliphatic carbocycles. The van der Waals surface area contributed by atoms with Crippen molar-refractivity contribution in [2.24, 2.45) is 7.05 Å². The number of benzene rings is 2. The highest BCUT2D eigenvalue weighted by molar-refractivity contribution is 6.04. The van der Waals surface area contributed by atoms with Gasteiger partial charge in [-0.15, -0.1) is 0 Å². The molecule has 2 aromatic heterocycles. The predicted molar refractivity (Wildman–Crippen MR) is 96.6 cm³/mol. The molecule has 136 valence electrons. The molecule has 0 atom stereocenters. The van der Waals surface area contributed by atoms with Gasteiger partial charge in [0.15, 0.2) is 0 Å². The molecular formula is C20H15F2N3O2. The van der Waals surface area contributed by atoms with E-state index in [1.165, 1.54) is 10.8 Å². The molecule has 0 bridgehead atoms. The first-order chi connectivity index (χ1) is 12.9. The van der Waals surface area contributed by atoms with Gasteiger partial charge in [0.1, 0.15) is 11.6 Å². The number of carboxylic acid groups (broad SMARTS) is 1. The van der Waals surface area contributed by atoms with Crippen LogP contribution in [0.1, 0.15) is 15.9 Å². The van der Waals surface area contributed by atoms with Crippen molar-refractivity contribution in [1.29, 1.82) is 0 Å². The van der Waals surface area contributed by atoms with Gasteiger partial charge in [-0.2, -0.15) is 5.10 Å². The van der Waals surface area contributed by atoms with E-state index in [-0.39, 0.29) is 23.0 Å². The van der Waals surface area contributed by atoms with Crippen LogP contribution in [-0.4, -0.2) is 25.4 Å². The lowest BCUT2D eigenvalue weighted by Gasteiger charge is -2.07. The minimum absolute atomic E-state index is 0.0521. The zero-order valence-corrected chi connectivity index (χ0v) is 14.4. The molecule has 0 aliphatic rings. The van der Waals surface area contributed by atoms with E-state index in [1.807, 2.05) is 37.5 Å². The molecule has 1 N–H and O–H groups in total. The zero-order valence-electron chi connectivity index (χ0n) is 14.4. The van der Waals surface area contributed by atoms with Gasteiger partial charge in [0.05, 0.1) is 22.7 Å². The van der Waals surface area contributed by atoms with Crippen LogP contribution < -0.4 is 0 Å². The first kappa shape index (κ1) is 17.0. The second kappa shape index (κ2) is 6.35. The zero-order chi connectivity index (χ0) is 19.1. The Kier molecular flexibility index (Phi) is 3.99. The highest BCUT2D eigenvalue weighted by Crippen LogP contribution is 2.28. The molecule has 4 rings (SSSR count). The van der Waals surface area contributed by atoms with Gasteiger partial charge in [0.25, 0.3) is 0 Å². The summed E-state index contributed by atoms with van der Waals surface area (Å²) < 4.78 is 31.6. The summed E-state index contributed by atoms with van der Waals surface area (Å²) in [6.07, 6.45) is 4.92. The van der Waals surface area contributed by atoms with E-state index in [4.69, 9.17) is 0 Å². The fraction of sp³-hybridized carbons (Fsp3) is 0.100. The van der Waals surface area contributed by atoms with Crippen molar-refractivity contribution >= 4 is 16.9 Å². The number of aromatic carboxylic acids is 1. The lowest BCUT2D eigenvalue weighted by molar-refractivity contribution is 0.0698. The number of fused-ring (bicyclic) bond motifs is 1. The molecule has 0 fully saturated rings. The van der Waals surface area contributed by atoms with Gasteiger partial charge in [-0.3, -0.25) is 4.68 Å². The molecule has 7 heteroatoms. The quantitative estimate of drug-likeness (QED) is 0.592. The maximum absolute atomic E-state index is 14.3. The molecular weight excluding hydrogens is 352 g/mol. The summed E-state index contributed by atoms with van der Waals surface area (Å²) in [5, 5.41) is 13.3. The molecule has 2 heterocycles. The van der Waals surface area contributed by atoms with Gasteiger partial charge < -0.3 is 9.67 Å². The molecule has 2 aromatic carbocycles. The third kappa shape index (κ3) is 2.97. The fourth-order valence-corrected chi connectivity index (χ4v) is 3.22. The van der Waals surface area contributed by atoms with Crippen molar-refractivity contribution in [2.45, 2.75) is 6.54 Å². The molecule has 5 nitrogen and oxygen atoms in total. The average molecular weight is 367 g/mol. The number of nitrogens with zero attached hydrogens (tertiary/aromatic N) is 3. The first-order valence-electron chi connectivity index (χ1n) is 8.22. The fourth-order valence-electron chi connectivity index (χ4n) is 3.22. The van der Waals surface area contributed by atoms with E-state index >= 15 is 0 Å². The van der Waals surface area contributed by atoms with Crippen LogP contribution in [0.3, 0.4) is 0 Å². The third-order valence-electron chi connectivity index (χ3n) is 4.49. The van der Waals surface area contributed by atoms with Crippen molar-refractivity contribution in [3.05, 3.63) is 77.8 Å². The summed E-state index contributed by atoms with van der Waals surface area (Å²) in [5.74, 6) is -2.71. The maximum atomic E-state index is 14.3. The van der Waals surface area contributed by atoms with Crippen molar-refractivity contribution in [2.75, 3.05) is 0 Å². The summed E-state index contributed by atoms with van der Waals surface area (Å²) in [4.78, 5) is 11.4. The third-order valence-corrected chi connectivity index (χ3v) is 4.49. The predicted octanol–water partition coefficient (Wildman–Crippen LogP) is 4.07. The Labute approximate surface area is 153 Å². The van der Waals surface area contributed by atoms with Crippen LogP contribution in [0.15, 0.2) is 55.0 Å². The van der Waals surface area contributed by atoms with Crippen LogP contribution in [0.5, 0.6) is 0 Å². The summed E-state index contributed by atoms with van der Waals surface area (Å²) in [6, 6.07) is 9.50. The van der Waals surface area contributed by atoms with Crippen LogP contribution in [0, 0.1) is 11.6 Å². The Hall–Kier alpha value is -3.48. The molecule has 4 aromatic rings. The Balaban J connectivity index is 1.73. The van der Waals surface area contributed by atoms with E-state index in [9.17, 15) is 18.7 Å². The lowest BCUT2D eigenvalue weighted by atomic mass is 10.1. The standard InChI is InChI=1S/C20H15F2N3O2/c1-24-10-14(8-23-24)13-4-2-12(3-5-13)9-25-11-15(20(26)27)18-16(21)6-7-17(22)19(18)25/h2-8,10-11H,9H2,1H3,(H,26,27). The van der Waals surface area contributed by atoms with Crippen LogP contribution in [0.4, 0.5) is 8.78 Å². The molecule has 0 saturated heterocycles. The van der Waals surface area contributed by atoms with Crippen LogP contribution in [0.25, 0.3) is 22.0 Å². The van der Waals surface area contributed by atoms with Gasteiger partial charge in [-0.1, -0.05) is 24.3 Å². The second-order valence-corrected chi connectivity index (χ2v) is 6.33. The van der Waals surface area contributed by atoms with Gasteiger partial charge in [0, 0.05) is 31.5 Å². The van der Waals surface area contributed by atoms with Gasteiger partial charge in [0.2, 0.25) is 0 Å². The van der Waals surface area contributed by atoms with Crippen molar-refractivity contribution in [3.63, 3.8) is 0 Å². The van der Waals surface area contributed by atoms with Crippen LogP contribution in [-0.2, 0) is 13.6 Å². The van der Waals surface area contributed by atoms with Gasteiger partial charge >= 0.3 is 5.97 Å². The highest BCUT2D eigenvalue weighted by Gasteiger charge is 2.20. The maximum Gasteiger partial charge on any atom is 0.337 e. The smallest absolute Gasteiger partial charge is 0.337 e. The van der Waals surface area contributed by atoms with Crippen molar-refractivity contribution < 1.29 is 18.7 Å². The van der Waals surface area contributed by atoms with E-state index < -0.39 is 17.6 Å². The van der Waals surface area contributed by atoms with E-state index in [2.05, 4.69) is 5.10 Å². The number of hydrogen-bond donors (Lipinski definition) is 1. The largest absolute Gasteiger partial charge is 0.478 e. The van der Waals surface area contributed by atoms with Crippen molar-refractivity contribution in [1.82, 2.24) is 14.3 Å².